The zero-order valence-corrected chi connectivity index (χ0v) is 12.9. The minimum absolute atomic E-state index is 0.0857. The van der Waals surface area contributed by atoms with E-state index in [9.17, 15) is 9.90 Å². The van der Waals surface area contributed by atoms with Gasteiger partial charge in [-0.2, -0.15) is 0 Å². The summed E-state index contributed by atoms with van der Waals surface area (Å²) in [6.07, 6.45) is 12.2. The van der Waals surface area contributed by atoms with E-state index in [1.807, 2.05) is 36.4 Å². The predicted molar refractivity (Wildman–Crippen MR) is 88.6 cm³/mol. The van der Waals surface area contributed by atoms with E-state index in [0.29, 0.717) is 17.3 Å². The quantitative estimate of drug-likeness (QED) is 0.848. The molecule has 1 amide bonds. The van der Waals surface area contributed by atoms with E-state index < -0.39 is 0 Å². The second-order valence-electron chi connectivity index (χ2n) is 5.74. The van der Waals surface area contributed by atoms with Crippen molar-refractivity contribution in [2.45, 2.75) is 32.6 Å². The number of fused-ring (bicyclic) bond motifs is 1. The maximum Gasteiger partial charge on any atom is 0.261 e. The lowest BCUT2D eigenvalue weighted by Gasteiger charge is -2.16. The standard InChI is InChI=1S/C19H21NO2/c1-2-3-4-7-13-20-18(21)16-12-8-11-15(17(16)19(20)22)14-9-5-6-10-14/h5-6,8-12,22H,2-4,7,13H2,1H3. The Hall–Kier alpha value is -2.29. The Bertz CT molecular complexity index is 757. The van der Waals surface area contributed by atoms with Gasteiger partial charge in [0.1, 0.15) is 0 Å². The molecular formula is C19H21NO2. The Morgan fingerprint density at radius 1 is 1.09 bits per heavy atom. The third-order valence-corrected chi connectivity index (χ3v) is 4.23. The average molecular weight is 295 g/mol. The summed E-state index contributed by atoms with van der Waals surface area (Å²) in [4.78, 5) is 14.1. The SMILES string of the molecule is CCCCCCN1C(=O)c2cccc(=C3C=CC=C3)c2=C1O. The Balaban J connectivity index is 2.01. The Labute approximate surface area is 130 Å². The van der Waals surface area contributed by atoms with Gasteiger partial charge in [-0.25, -0.2) is 0 Å². The Morgan fingerprint density at radius 3 is 2.59 bits per heavy atom. The van der Waals surface area contributed by atoms with Crippen molar-refractivity contribution in [1.29, 1.82) is 0 Å². The minimum atomic E-state index is -0.0857. The summed E-state index contributed by atoms with van der Waals surface area (Å²) >= 11 is 0. The molecule has 0 aromatic heterocycles. The highest BCUT2D eigenvalue weighted by Gasteiger charge is 2.28. The first-order valence-electron chi connectivity index (χ1n) is 7.97. The Morgan fingerprint density at radius 2 is 1.86 bits per heavy atom. The van der Waals surface area contributed by atoms with E-state index in [1.54, 1.807) is 6.07 Å². The molecule has 0 atom stereocenters. The van der Waals surface area contributed by atoms with Crippen LogP contribution < -0.4 is 10.4 Å². The highest BCUT2D eigenvalue weighted by Crippen LogP contribution is 2.15. The molecule has 1 aliphatic carbocycles. The van der Waals surface area contributed by atoms with Crippen LogP contribution in [0.1, 0.15) is 43.0 Å². The fourth-order valence-electron chi connectivity index (χ4n) is 3.05. The third kappa shape index (κ3) is 2.47. The molecule has 3 heteroatoms. The van der Waals surface area contributed by atoms with Crippen molar-refractivity contribution in [2.24, 2.45) is 0 Å². The lowest BCUT2D eigenvalue weighted by Crippen LogP contribution is -2.30. The number of carbonyl (C=O) groups is 1. The zero-order chi connectivity index (χ0) is 15.5. The molecular weight excluding hydrogens is 274 g/mol. The van der Waals surface area contributed by atoms with Crippen molar-refractivity contribution in [3.63, 3.8) is 0 Å². The maximum absolute atomic E-state index is 12.5. The van der Waals surface area contributed by atoms with Crippen LogP contribution in [0, 0.1) is 0 Å². The largest absolute Gasteiger partial charge is 0.494 e. The van der Waals surface area contributed by atoms with Gasteiger partial charge >= 0.3 is 0 Å². The van der Waals surface area contributed by atoms with Crippen LogP contribution in [0.4, 0.5) is 0 Å². The monoisotopic (exact) mass is 295 g/mol. The predicted octanol–water partition coefficient (Wildman–Crippen LogP) is 2.62. The maximum atomic E-state index is 12.5. The van der Waals surface area contributed by atoms with Gasteiger partial charge in [-0.15, -0.1) is 0 Å². The number of amides is 1. The topological polar surface area (TPSA) is 40.5 Å². The van der Waals surface area contributed by atoms with Crippen molar-refractivity contribution in [3.05, 3.63) is 58.5 Å². The number of allylic oxidation sites excluding steroid dienone is 4. The molecule has 0 radical (unpaired) electrons. The van der Waals surface area contributed by atoms with Crippen LogP contribution >= 0.6 is 0 Å². The van der Waals surface area contributed by atoms with Crippen LogP contribution in [-0.2, 0) is 0 Å². The smallest absolute Gasteiger partial charge is 0.261 e. The summed E-state index contributed by atoms with van der Waals surface area (Å²) in [5.41, 5.74) is 1.63. The van der Waals surface area contributed by atoms with Gasteiger partial charge in [0.05, 0.1) is 10.8 Å². The number of hydrogen-bond donors (Lipinski definition) is 1. The molecule has 0 spiro atoms. The van der Waals surface area contributed by atoms with E-state index in [2.05, 4.69) is 6.92 Å². The number of benzene rings is 1. The average Bonchev–Trinajstić information content (AvgIpc) is 3.14. The van der Waals surface area contributed by atoms with E-state index in [-0.39, 0.29) is 11.8 Å². The summed E-state index contributed by atoms with van der Waals surface area (Å²) in [5, 5.41) is 12.2. The van der Waals surface area contributed by atoms with Crippen LogP contribution in [0.25, 0.3) is 11.5 Å². The summed E-state index contributed by atoms with van der Waals surface area (Å²) < 4.78 is 0. The van der Waals surface area contributed by atoms with Crippen LogP contribution in [0.2, 0.25) is 0 Å². The third-order valence-electron chi connectivity index (χ3n) is 4.23. The highest BCUT2D eigenvalue weighted by atomic mass is 16.3. The fourth-order valence-corrected chi connectivity index (χ4v) is 3.05. The first kappa shape index (κ1) is 14.6. The van der Waals surface area contributed by atoms with E-state index >= 15 is 0 Å². The number of aliphatic hydroxyl groups excluding tert-OH is 1. The molecule has 0 unspecified atom stereocenters. The normalized spacial score (nSPS) is 16.0. The molecule has 0 fully saturated rings. The van der Waals surface area contributed by atoms with Crippen molar-refractivity contribution in [1.82, 2.24) is 4.90 Å². The number of carbonyl (C=O) groups excluding carboxylic acids is 1. The van der Waals surface area contributed by atoms with Gasteiger partial charge in [0.25, 0.3) is 5.91 Å². The number of unbranched alkanes of at least 4 members (excludes halogenated alkanes) is 3. The van der Waals surface area contributed by atoms with Crippen molar-refractivity contribution in [2.75, 3.05) is 6.54 Å². The molecule has 2 aliphatic rings. The molecule has 114 valence electrons. The number of hydrogen-bond acceptors (Lipinski definition) is 2. The summed E-state index contributed by atoms with van der Waals surface area (Å²) in [7, 11) is 0. The molecule has 1 N–H and O–H groups in total. The fraction of sp³-hybridized carbons (Fsp3) is 0.316. The van der Waals surface area contributed by atoms with Gasteiger partial charge in [-0.3, -0.25) is 9.69 Å². The van der Waals surface area contributed by atoms with Crippen LogP contribution in [0.3, 0.4) is 0 Å². The number of rotatable bonds is 5. The van der Waals surface area contributed by atoms with Gasteiger partial charge in [0, 0.05) is 6.54 Å². The van der Waals surface area contributed by atoms with E-state index in [4.69, 9.17) is 0 Å². The number of nitrogens with zero attached hydrogens (tertiary/aromatic N) is 1. The highest BCUT2D eigenvalue weighted by molar-refractivity contribution is 6.01. The Kier molecular flexibility index (Phi) is 4.14. The molecule has 1 aromatic carbocycles. The van der Waals surface area contributed by atoms with Gasteiger partial charge in [-0.05, 0) is 23.3 Å². The van der Waals surface area contributed by atoms with E-state index in [1.165, 1.54) is 4.90 Å². The first-order chi connectivity index (χ1) is 10.7. The minimum Gasteiger partial charge on any atom is -0.494 e. The van der Waals surface area contributed by atoms with Crippen LogP contribution in [0.5, 0.6) is 0 Å². The second-order valence-corrected chi connectivity index (χ2v) is 5.74. The van der Waals surface area contributed by atoms with Crippen molar-refractivity contribution in [3.8, 4) is 0 Å². The lowest BCUT2D eigenvalue weighted by molar-refractivity contribution is 0.0814. The molecule has 22 heavy (non-hydrogen) atoms. The molecule has 0 bridgehead atoms. The molecule has 1 aromatic rings. The zero-order valence-electron chi connectivity index (χ0n) is 12.9. The van der Waals surface area contributed by atoms with Gasteiger partial charge in [0.15, 0.2) is 0 Å². The molecule has 1 heterocycles. The summed E-state index contributed by atoms with van der Waals surface area (Å²) in [6.45, 7) is 2.74. The van der Waals surface area contributed by atoms with Gasteiger partial charge < -0.3 is 5.11 Å². The molecule has 3 nitrogen and oxygen atoms in total. The molecule has 3 rings (SSSR count). The first-order valence-corrected chi connectivity index (χ1v) is 7.97. The summed E-state index contributed by atoms with van der Waals surface area (Å²) in [5.74, 6) is 0.0192. The van der Waals surface area contributed by atoms with Gasteiger partial charge in [-0.1, -0.05) is 62.6 Å². The van der Waals surface area contributed by atoms with Crippen LogP contribution in [0.15, 0.2) is 42.5 Å². The molecule has 1 aliphatic heterocycles. The lowest BCUT2D eigenvalue weighted by atomic mass is 10.1. The van der Waals surface area contributed by atoms with Gasteiger partial charge in [0.2, 0.25) is 5.88 Å². The summed E-state index contributed by atoms with van der Waals surface area (Å²) in [6, 6.07) is 5.64. The second kappa shape index (κ2) is 6.22. The molecule has 0 saturated heterocycles. The molecule has 0 saturated carbocycles. The van der Waals surface area contributed by atoms with Crippen LogP contribution in [-0.4, -0.2) is 22.5 Å². The number of aliphatic hydroxyl groups is 1. The van der Waals surface area contributed by atoms with Crippen molar-refractivity contribution >= 4 is 17.4 Å². The van der Waals surface area contributed by atoms with E-state index in [0.717, 1.165) is 36.5 Å². The van der Waals surface area contributed by atoms with Crippen molar-refractivity contribution < 1.29 is 9.90 Å².